The van der Waals surface area contributed by atoms with Crippen molar-refractivity contribution in [3.8, 4) is 5.75 Å². The van der Waals surface area contributed by atoms with Crippen LogP contribution in [0.25, 0.3) is 0 Å². The summed E-state index contributed by atoms with van der Waals surface area (Å²) in [6.45, 7) is 2.26. The number of methoxy groups -OCH3 is 1. The van der Waals surface area contributed by atoms with Crippen LogP contribution >= 0.6 is 0 Å². The number of carbonyl (C=O) groups excluding carboxylic acids is 2. The molecule has 0 spiro atoms. The van der Waals surface area contributed by atoms with Crippen LogP contribution in [-0.2, 0) is 20.7 Å². The van der Waals surface area contributed by atoms with Crippen LogP contribution in [0.15, 0.2) is 54.6 Å². The molecule has 0 aliphatic heterocycles. The van der Waals surface area contributed by atoms with E-state index in [0.29, 0.717) is 6.54 Å². The lowest BCUT2D eigenvalue weighted by molar-refractivity contribution is -0.147. The van der Waals surface area contributed by atoms with Gasteiger partial charge < -0.3 is 14.8 Å². The van der Waals surface area contributed by atoms with Crippen molar-refractivity contribution >= 4 is 11.9 Å². The molecule has 2 aromatic carbocycles. The lowest BCUT2D eigenvalue weighted by atomic mass is 10.0. The summed E-state index contributed by atoms with van der Waals surface area (Å²) in [5.41, 5.74) is 1.96. The molecule has 5 heteroatoms. The van der Waals surface area contributed by atoms with Gasteiger partial charge >= 0.3 is 5.97 Å². The second-order valence-corrected chi connectivity index (χ2v) is 5.80. The normalized spacial score (nSPS) is 11.4. The average molecular weight is 341 g/mol. The zero-order valence-corrected chi connectivity index (χ0v) is 14.5. The smallest absolute Gasteiger partial charge is 0.310 e. The highest BCUT2D eigenvalue weighted by Gasteiger charge is 2.11. The van der Waals surface area contributed by atoms with Crippen LogP contribution in [0.1, 0.15) is 24.0 Å². The molecular formula is C20H23NO4. The quantitative estimate of drug-likeness (QED) is 0.750. The second-order valence-electron chi connectivity index (χ2n) is 5.80. The lowest BCUT2D eigenvalue weighted by Crippen LogP contribution is -2.31. The molecule has 2 aromatic rings. The minimum Gasteiger partial charge on any atom is -0.497 e. The van der Waals surface area contributed by atoms with Gasteiger partial charge in [-0.25, -0.2) is 0 Å². The maximum absolute atomic E-state index is 11.8. The molecule has 0 heterocycles. The van der Waals surface area contributed by atoms with E-state index >= 15 is 0 Å². The summed E-state index contributed by atoms with van der Waals surface area (Å²) in [5.74, 6) is 0.187. The van der Waals surface area contributed by atoms with Gasteiger partial charge in [0.15, 0.2) is 6.61 Å². The number of hydrogen-bond donors (Lipinski definition) is 1. The number of ether oxygens (including phenoxy) is 2. The molecule has 1 atom stereocenters. The molecule has 132 valence electrons. The molecule has 0 aromatic heterocycles. The Hall–Kier alpha value is -2.82. The third-order valence-electron chi connectivity index (χ3n) is 3.85. The minimum atomic E-state index is -0.434. The van der Waals surface area contributed by atoms with Crippen molar-refractivity contribution in [3.05, 3.63) is 65.7 Å². The molecule has 25 heavy (non-hydrogen) atoms. The molecule has 0 aliphatic rings. The van der Waals surface area contributed by atoms with E-state index in [1.807, 2.05) is 37.3 Å². The third kappa shape index (κ3) is 6.30. The Morgan fingerprint density at radius 1 is 1.04 bits per heavy atom. The summed E-state index contributed by atoms with van der Waals surface area (Å²) < 4.78 is 10.1. The van der Waals surface area contributed by atoms with Crippen molar-refractivity contribution in [1.29, 1.82) is 0 Å². The number of rotatable bonds is 8. The molecule has 1 N–H and O–H groups in total. The van der Waals surface area contributed by atoms with Gasteiger partial charge in [0, 0.05) is 6.54 Å². The topological polar surface area (TPSA) is 64.6 Å². The van der Waals surface area contributed by atoms with Crippen LogP contribution in [0, 0.1) is 0 Å². The number of esters is 1. The highest BCUT2D eigenvalue weighted by Crippen LogP contribution is 2.13. The van der Waals surface area contributed by atoms with Gasteiger partial charge in [0.2, 0.25) is 0 Å². The first kappa shape index (κ1) is 18.5. The minimum absolute atomic E-state index is 0.123. The molecule has 0 saturated carbocycles. The highest BCUT2D eigenvalue weighted by atomic mass is 16.5. The fraction of sp³-hybridized carbons (Fsp3) is 0.300. The Bertz CT molecular complexity index is 683. The zero-order chi connectivity index (χ0) is 18.1. The van der Waals surface area contributed by atoms with Crippen LogP contribution in [-0.4, -0.2) is 32.1 Å². The van der Waals surface area contributed by atoms with Crippen molar-refractivity contribution in [2.24, 2.45) is 0 Å². The van der Waals surface area contributed by atoms with Crippen LogP contribution in [0.5, 0.6) is 5.75 Å². The molecule has 2 rings (SSSR count). The molecule has 0 aliphatic carbocycles. The standard InChI is InChI=1S/C20H23NO4/c1-15(17-6-4-3-5-7-17)13-21-19(22)14-25-20(23)12-16-8-10-18(24-2)11-9-16/h3-11,15H,12-14H2,1-2H3,(H,21,22)/t15-/m1/s1. The van der Waals surface area contributed by atoms with E-state index in [-0.39, 0.29) is 24.9 Å². The fourth-order valence-corrected chi connectivity index (χ4v) is 2.32. The van der Waals surface area contributed by atoms with E-state index in [1.54, 1.807) is 31.4 Å². The van der Waals surface area contributed by atoms with Crippen LogP contribution in [0.2, 0.25) is 0 Å². The Balaban J connectivity index is 1.69. The maximum atomic E-state index is 11.8. The van der Waals surface area contributed by atoms with Gasteiger partial charge in [0.25, 0.3) is 5.91 Å². The lowest BCUT2D eigenvalue weighted by Gasteiger charge is -2.13. The number of carbonyl (C=O) groups is 2. The summed E-state index contributed by atoms with van der Waals surface area (Å²) in [7, 11) is 1.58. The van der Waals surface area contributed by atoms with E-state index in [9.17, 15) is 9.59 Å². The highest BCUT2D eigenvalue weighted by molar-refractivity contribution is 5.81. The zero-order valence-electron chi connectivity index (χ0n) is 14.5. The summed E-state index contributed by atoms with van der Waals surface area (Å²) in [6.07, 6.45) is 0.123. The van der Waals surface area contributed by atoms with Gasteiger partial charge in [-0.2, -0.15) is 0 Å². The van der Waals surface area contributed by atoms with Crippen molar-refractivity contribution in [2.45, 2.75) is 19.3 Å². The Labute approximate surface area is 148 Å². The first-order chi connectivity index (χ1) is 12.1. The van der Waals surface area contributed by atoms with Gasteiger partial charge in [-0.3, -0.25) is 9.59 Å². The summed E-state index contributed by atoms with van der Waals surface area (Å²) >= 11 is 0. The number of nitrogens with one attached hydrogen (secondary N) is 1. The third-order valence-corrected chi connectivity index (χ3v) is 3.85. The monoisotopic (exact) mass is 341 g/mol. The Morgan fingerprint density at radius 2 is 1.72 bits per heavy atom. The van der Waals surface area contributed by atoms with Crippen molar-refractivity contribution < 1.29 is 19.1 Å². The van der Waals surface area contributed by atoms with Gasteiger partial charge in [0.1, 0.15) is 5.75 Å². The van der Waals surface area contributed by atoms with Crippen molar-refractivity contribution in [1.82, 2.24) is 5.32 Å². The molecular weight excluding hydrogens is 318 g/mol. The van der Waals surface area contributed by atoms with E-state index in [0.717, 1.165) is 16.9 Å². The second kappa shape index (κ2) is 9.47. The van der Waals surface area contributed by atoms with Crippen LogP contribution < -0.4 is 10.1 Å². The molecule has 0 radical (unpaired) electrons. The van der Waals surface area contributed by atoms with Crippen molar-refractivity contribution in [3.63, 3.8) is 0 Å². The number of hydrogen-bond acceptors (Lipinski definition) is 4. The van der Waals surface area contributed by atoms with E-state index in [2.05, 4.69) is 5.32 Å². The SMILES string of the molecule is COc1ccc(CC(=O)OCC(=O)NC[C@@H](C)c2ccccc2)cc1. The predicted octanol–water partition coefficient (Wildman–Crippen LogP) is 2.70. The molecule has 0 bridgehead atoms. The summed E-state index contributed by atoms with van der Waals surface area (Å²) in [5, 5.41) is 2.78. The Morgan fingerprint density at radius 3 is 2.36 bits per heavy atom. The maximum Gasteiger partial charge on any atom is 0.310 e. The molecule has 0 saturated heterocycles. The van der Waals surface area contributed by atoms with E-state index in [4.69, 9.17) is 9.47 Å². The van der Waals surface area contributed by atoms with Gasteiger partial charge in [-0.15, -0.1) is 0 Å². The molecule has 0 fully saturated rings. The first-order valence-corrected chi connectivity index (χ1v) is 8.18. The van der Waals surface area contributed by atoms with Crippen LogP contribution in [0.4, 0.5) is 0 Å². The average Bonchev–Trinajstić information content (AvgIpc) is 2.65. The predicted molar refractivity (Wildman–Crippen MR) is 95.5 cm³/mol. The van der Waals surface area contributed by atoms with Crippen molar-refractivity contribution in [2.75, 3.05) is 20.3 Å². The summed E-state index contributed by atoms with van der Waals surface area (Å²) in [6, 6.07) is 17.1. The Kier molecular flexibility index (Phi) is 7.01. The van der Waals surface area contributed by atoms with E-state index in [1.165, 1.54) is 0 Å². The fourth-order valence-electron chi connectivity index (χ4n) is 2.32. The first-order valence-electron chi connectivity index (χ1n) is 8.18. The van der Waals surface area contributed by atoms with Gasteiger partial charge in [-0.05, 0) is 29.2 Å². The van der Waals surface area contributed by atoms with Gasteiger partial charge in [0.05, 0.1) is 13.5 Å². The number of benzene rings is 2. The van der Waals surface area contributed by atoms with Gasteiger partial charge in [-0.1, -0.05) is 49.4 Å². The molecule has 1 amide bonds. The number of amides is 1. The molecule has 0 unspecified atom stereocenters. The van der Waals surface area contributed by atoms with Crippen LogP contribution in [0.3, 0.4) is 0 Å². The summed E-state index contributed by atoms with van der Waals surface area (Å²) in [4.78, 5) is 23.6. The largest absolute Gasteiger partial charge is 0.497 e. The van der Waals surface area contributed by atoms with E-state index < -0.39 is 5.97 Å². The molecule has 5 nitrogen and oxygen atoms in total.